The Balaban J connectivity index is 1.44. The minimum Gasteiger partial charge on any atom is -0.358 e. The van der Waals surface area contributed by atoms with Crippen molar-refractivity contribution in [2.24, 2.45) is 7.05 Å². The van der Waals surface area contributed by atoms with Gasteiger partial charge >= 0.3 is 0 Å². The van der Waals surface area contributed by atoms with Crippen molar-refractivity contribution in [1.29, 1.82) is 0 Å². The van der Waals surface area contributed by atoms with Crippen LogP contribution >= 0.6 is 12.2 Å². The van der Waals surface area contributed by atoms with E-state index >= 15 is 0 Å². The summed E-state index contributed by atoms with van der Waals surface area (Å²) in [7, 11) is 1.96. The molecular weight excluding hydrogens is 337 g/mol. The van der Waals surface area contributed by atoms with Crippen LogP contribution < -0.4 is 5.32 Å². The number of hydrogen-bond donors (Lipinski definition) is 1. The van der Waals surface area contributed by atoms with Gasteiger partial charge in [-0.05, 0) is 36.8 Å². The van der Waals surface area contributed by atoms with E-state index in [9.17, 15) is 4.39 Å². The van der Waals surface area contributed by atoms with E-state index in [1.165, 1.54) is 17.7 Å². The highest BCUT2D eigenvalue weighted by molar-refractivity contribution is 7.80. The lowest BCUT2D eigenvalue weighted by molar-refractivity contribution is 0.174. The van der Waals surface area contributed by atoms with E-state index in [1.54, 1.807) is 12.1 Å². The molecule has 134 valence electrons. The fourth-order valence-corrected chi connectivity index (χ4v) is 3.30. The first-order chi connectivity index (χ1) is 12.0. The molecule has 1 aromatic carbocycles. The van der Waals surface area contributed by atoms with Gasteiger partial charge in [0.15, 0.2) is 5.11 Å². The molecule has 0 unspecified atom stereocenters. The quantitative estimate of drug-likeness (QED) is 0.844. The van der Waals surface area contributed by atoms with Crippen LogP contribution in [0.25, 0.3) is 0 Å². The highest BCUT2D eigenvalue weighted by atomic mass is 32.1. The summed E-state index contributed by atoms with van der Waals surface area (Å²) in [5.41, 5.74) is 3.41. The van der Waals surface area contributed by atoms with Gasteiger partial charge in [-0.1, -0.05) is 12.1 Å². The average Bonchev–Trinajstić information content (AvgIpc) is 2.92. The smallest absolute Gasteiger partial charge is 0.169 e. The molecule has 0 saturated carbocycles. The zero-order valence-corrected chi connectivity index (χ0v) is 15.5. The molecule has 5 nitrogen and oxygen atoms in total. The second kappa shape index (κ2) is 7.93. The predicted molar refractivity (Wildman–Crippen MR) is 101 cm³/mol. The monoisotopic (exact) mass is 361 g/mol. The van der Waals surface area contributed by atoms with Gasteiger partial charge in [-0.3, -0.25) is 9.58 Å². The van der Waals surface area contributed by atoms with Crippen LogP contribution in [-0.2, 0) is 20.1 Å². The lowest BCUT2D eigenvalue weighted by Crippen LogP contribution is -2.51. The van der Waals surface area contributed by atoms with E-state index in [0.717, 1.165) is 49.1 Å². The van der Waals surface area contributed by atoms with Gasteiger partial charge in [0.05, 0.1) is 5.69 Å². The Morgan fingerprint density at radius 3 is 2.48 bits per heavy atom. The largest absolute Gasteiger partial charge is 0.358 e. The SMILES string of the molecule is Cc1nn(C)cc1CN1CCN(C(=S)NCc2ccc(F)cc2)CC1. The number of nitrogens with zero attached hydrogens (tertiary/aromatic N) is 4. The Morgan fingerprint density at radius 2 is 1.88 bits per heavy atom. The Bertz CT molecular complexity index is 720. The molecule has 1 N–H and O–H groups in total. The number of benzene rings is 1. The van der Waals surface area contributed by atoms with Gasteiger partial charge in [-0.15, -0.1) is 0 Å². The van der Waals surface area contributed by atoms with E-state index in [2.05, 4.69) is 33.3 Å². The summed E-state index contributed by atoms with van der Waals surface area (Å²) in [5.74, 6) is -0.216. The van der Waals surface area contributed by atoms with Crippen molar-refractivity contribution in [3.05, 3.63) is 53.1 Å². The fraction of sp³-hybridized carbons (Fsp3) is 0.444. The number of aryl methyl sites for hydroxylation is 2. The van der Waals surface area contributed by atoms with Crippen LogP contribution in [0.5, 0.6) is 0 Å². The normalized spacial score (nSPS) is 15.4. The number of aromatic nitrogens is 2. The van der Waals surface area contributed by atoms with Crippen molar-refractivity contribution in [2.45, 2.75) is 20.0 Å². The molecule has 0 bridgehead atoms. The third-order valence-corrected chi connectivity index (χ3v) is 4.93. The number of nitrogens with one attached hydrogen (secondary N) is 1. The Kier molecular flexibility index (Phi) is 5.65. The van der Waals surface area contributed by atoms with Gasteiger partial charge < -0.3 is 10.2 Å². The van der Waals surface area contributed by atoms with Gasteiger partial charge in [-0.25, -0.2) is 4.39 Å². The number of thiocarbonyl (C=S) groups is 1. The van der Waals surface area contributed by atoms with Crippen LogP contribution in [0.3, 0.4) is 0 Å². The van der Waals surface area contributed by atoms with E-state index in [0.29, 0.717) is 6.54 Å². The summed E-state index contributed by atoms with van der Waals surface area (Å²) < 4.78 is 14.8. The summed E-state index contributed by atoms with van der Waals surface area (Å²) in [6, 6.07) is 6.50. The summed E-state index contributed by atoms with van der Waals surface area (Å²) in [4.78, 5) is 4.63. The van der Waals surface area contributed by atoms with Gasteiger partial charge in [0.1, 0.15) is 5.82 Å². The molecule has 1 aliphatic heterocycles. The summed E-state index contributed by atoms with van der Waals surface area (Å²) in [5, 5.41) is 8.44. The van der Waals surface area contributed by atoms with E-state index in [4.69, 9.17) is 12.2 Å². The van der Waals surface area contributed by atoms with Crippen molar-refractivity contribution >= 4 is 17.3 Å². The fourth-order valence-electron chi connectivity index (χ4n) is 3.05. The minimum atomic E-state index is -0.216. The Labute approximate surface area is 153 Å². The lowest BCUT2D eigenvalue weighted by atomic mass is 10.2. The third-order valence-electron chi connectivity index (χ3n) is 4.53. The van der Waals surface area contributed by atoms with Gasteiger partial charge in [-0.2, -0.15) is 5.10 Å². The second-order valence-electron chi connectivity index (χ2n) is 6.46. The maximum Gasteiger partial charge on any atom is 0.169 e. The molecule has 0 radical (unpaired) electrons. The molecular formula is C18H24FN5S. The number of halogens is 1. The third kappa shape index (κ3) is 4.76. The molecule has 1 aliphatic rings. The molecule has 7 heteroatoms. The van der Waals surface area contributed by atoms with Crippen LogP contribution in [0.4, 0.5) is 4.39 Å². The van der Waals surface area contributed by atoms with E-state index in [1.807, 2.05) is 11.7 Å². The van der Waals surface area contributed by atoms with Crippen molar-refractivity contribution in [2.75, 3.05) is 26.2 Å². The van der Waals surface area contributed by atoms with Crippen molar-refractivity contribution < 1.29 is 4.39 Å². The zero-order chi connectivity index (χ0) is 17.8. The van der Waals surface area contributed by atoms with E-state index in [-0.39, 0.29) is 5.82 Å². The molecule has 2 aromatic rings. The highest BCUT2D eigenvalue weighted by Gasteiger charge is 2.19. The molecule has 0 aliphatic carbocycles. The standard InChI is InChI=1S/C18H24FN5S/c1-14-16(12-22(2)21-14)13-23-7-9-24(10-8-23)18(25)20-11-15-3-5-17(19)6-4-15/h3-6,12H,7-11,13H2,1-2H3,(H,20,25). The zero-order valence-electron chi connectivity index (χ0n) is 14.7. The predicted octanol–water partition coefficient (Wildman–Crippen LogP) is 2.06. The molecule has 0 spiro atoms. The van der Waals surface area contributed by atoms with Crippen LogP contribution in [0.1, 0.15) is 16.8 Å². The topological polar surface area (TPSA) is 36.3 Å². The highest BCUT2D eigenvalue weighted by Crippen LogP contribution is 2.11. The lowest BCUT2D eigenvalue weighted by Gasteiger charge is -2.36. The number of piperazine rings is 1. The van der Waals surface area contributed by atoms with Gasteiger partial charge in [0.25, 0.3) is 0 Å². The maximum absolute atomic E-state index is 12.9. The first-order valence-corrected chi connectivity index (χ1v) is 8.91. The summed E-state index contributed by atoms with van der Waals surface area (Å²) in [6.45, 7) is 7.39. The first-order valence-electron chi connectivity index (χ1n) is 8.50. The minimum absolute atomic E-state index is 0.216. The maximum atomic E-state index is 12.9. The molecule has 1 saturated heterocycles. The first kappa shape index (κ1) is 17.8. The summed E-state index contributed by atoms with van der Waals surface area (Å²) in [6.07, 6.45) is 2.09. The number of hydrogen-bond acceptors (Lipinski definition) is 3. The number of rotatable bonds is 4. The molecule has 2 heterocycles. The van der Waals surface area contributed by atoms with Crippen LogP contribution in [-0.4, -0.2) is 50.9 Å². The van der Waals surface area contributed by atoms with Crippen LogP contribution in [0.15, 0.2) is 30.5 Å². The van der Waals surface area contributed by atoms with Crippen LogP contribution in [0, 0.1) is 12.7 Å². The van der Waals surface area contributed by atoms with Crippen molar-refractivity contribution in [3.8, 4) is 0 Å². The van der Waals surface area contributed by atoms with Crippen molar-refractivity contribution in [3.63, 3.8) is 0 Å². The molecule has 0 atom stereocenters. The summed E-state index contributed by atoms with van der Waals surface area (Å²) >= 11 is 5.50. The average molecular weight is 361 g/mol. The van der Waals surface area contributed by atoms with Crippen LogP contribution in [0.2, 0.25) is 0 Å². The van der Waals surface area contributed by atoms with Gasteiger partial charge in [0, 0.05) is 58.1 Å². The Hall–Kier alpha value is -1.99. The van der Waals surface area contributed by atoms with E-state index < -0.39 is 0 Å². The van der Waals surface area contributed by atoms with Crippen molar-refractivity contribution in [1.82, 2.24) is 24.9 Å². The van der Waals surface area contributed by atoms with Gasteiger partial charge in [0.2, 0.25) is 0 Å². The Morgan fingerprint density at radius 1 is 1.20 bits per heavy atom. The molecule has 1 aromatic heterocycles. The molecule has 3 rings (SSSR count). The molecule has 0 amide bonds. The molecule has 25 heavy (non-hydrogen) atoms. The second-order valence-corrected chi connectivity index (χ2v) is 6.85. The molecule has 1 fully saturated rings.